The fraction of sp³-hybridized carbons (Fsp3) is 0.529. The predicted octanol–water partition coefficient (Wildman–Crippen LogP) is 1.22. The van der Waals surface area contributed by atoms with Crippen LogP contribution >= 0.6 is 0 Å². The third-order valence-corrected chi connectivity index (χ3v) is 4.51. The summed E-state index contributed by atoms with van der Waals surface area (Å²) in [7, 11) is 1.83. The van der Waals surface area contributed by atoms with E-state index in [1.165, 1.54) is 0 Å². The molecule has 1 heterocycles. The minimum Gasteiger partial charge on any atom is -0.379 e. The molecule has 1 aliphatic carbocycles. The van der Waals surface area contributed by atoms with E-state index in [1.807, 2.05) is 25.2 Å². The van der Waals surface area contributed by atoms with Crippen LogP contribution in [0.1, 0.15) is 32.7 Å². The number of ether oxygens (including phenoxy) is 1. The normalized spacial score (nSPS) is 18.3. The van der Waals surface area contributed by atoms with Crippen molar-refractivity contribution in [3.63, 3.8) is 0 Å². The van der Waals surface area contributed by atoms with Crippen LogP contribution in [0, 0.1) is 0 Å². The second-order valence-electron chi connectivity index (χ2n) is 5.94. The molecular formula is C17H22N2O3. The van der Waals surface area contributed by atoms with Crippen LogP contribution in [-0.4, -0.2) is 67.9 Å². The molecule has 0 bridgehead atoms. The van der Waals surface area contributed by atoms with E-state index in [2.05, 4.69) is 4.90 Å². The Balaban J connectivity index is 1.65. The van der Waals surface area contributed by atoms with Crippen LogP contribution in [0.3, 0.4) is 0 Å². The number of rotatable bonds is 4. The standard InChI is InChI=1S/C17H22N2O3/c1-18(7-8-19-9-11-22-12-10-19)17(21)15-4-2-3-14-13(15)5-6-16(14)20/h2-4H,5-12H2,1H3. The van der Waals surface area contributed by atoms with Gasteiger partial charge in [0.05, 0.1) is 13.2 Å². The zero-order chi connectivity index (χ0) is 15.5. The van der Waals surface area contributed by atoms with Gasteiger partial charge >= 0.3 is 0 Å². The maximum absolute atomic E-state index is 12.7. The minimum atomic E-state index is 0.0137. The highest BCUT2D eigenvalue weighted by Crippen LogP contribution is 2.26. The first-order valence-electron chi connectivity index (χ1n) is 7.87. The molecule has 0 unspecified atom stereocenters. The van der Waals surface area contributed by atoms with Crippen LogP contribution in [0.2, 0.25) is 0 Å². The summed E-state index contributed by atoms with van der Waals surface area (Å²) >= 11 is 0. The Morgan fingerprint density at radius 3 is 2.82 bits per heavy atom. The number of fused-ring (bicyclic) bond motifs is 1. The average molecular weight is 302 g/mol. The lowest BCUT2D eigenvalue weighted by Crippen LogP contribution is -2.42. The summed E-state index contributed by atoms with van der Waals surface area (Å²) in [5.74, 6) is 0.167. The molecule has 0 saturated carbocycles. The molecule has 0 radical (unpaired) electrons. The number of Topliss-reactive ketones (excluding diaryl/α,β-unsaturated/α-hetero) is 1. The van der Waals surface area contributed by atoms with E-state index >= 15 is 0 Å². The van der Waals surface area contributed by atoms with Gasteiger partial charge in [-0.2, -0.15) is 0 Å². The number of nitrogens with zero attached hydrogens (tertiary/aromatic N) is 2. The number of carbonyl (C=O) groups is 2. The summed E-state index contributed by atoms with van der Waals surface area (Å²) in [6.07, 6.45) is 1.21. The van der Waals surface area contributed by atoms with Gasteiger partial charge in [0.15, 0.2) is 5.78 Å². The Hall–Kier alpha value is -1.72. The number of likely N-dealkylation sites (N-methyl/N-ethyl adjacent to an activating group) is 1. The molecule has 3 rings (SSSR count). The first-order chi connectivity index (χ1) is 10.7. The summed E-state index contributed by atoms with van der Waals surface area (Å²) in [6, 6.07) is 5.48. The second-order valence-corrected chi connectivity index (χ2v) is 5.94. The topological polar surface area (TPSA) is 49.9 Å². The van der Waals surface area contributed by atoms with Gasteiger partial charge in [-0.1, -0.05) is 12.1 Å². The SMILES string of the molecule is CN(CCN1CCOCC1)C(=O)c1cccc2c1CCC2=O. The van der Waals surface area contributed by atoms with Crippen LogP contribution in [0.25, 0.3) is 0 Å². The van der Waals surface area contributed by atoms with Crippen LogP contribution in [0.4, 0.5) is 0 Å². The summed E-state index contributed by atoms with van der Waals surface area (Å²) < 4.78 is 5.33. The highest BCUT2D eigenvalue weighted by Gasteiger charge is 2.25. The van der Waals surface area contributed by atoms with Crippen molar-refractivity contribution in [1.29, 1.82) is 0 Å². The number of ketones is 1. The summed E-state index contributed by atoms with van der Waals surface area (Å²) in [5.41, 5.74) is 2.34. The van der Waals surface area contributed by atoms with Gasteiger partial charge in [0.1, 0.15) is 0 Å². The van der Waals surface area contributed by atoms with Gasteiger partial charge in [0.25, 0.3) is 5.91 Å². The Labute approximate surface area is 130 Å². The molecule has 0 atom stereocenters. The number of amides is 1. The molecule has 1 amide bonds. The largest absolute Gasteiger partial charge is 0.379 e. The number of benzene rings is 1. The van der Waals surface area contributed by atoms with E-state index in [0.717, 1.165) is 44.0 Å². The van der Waals surface area contributed by atoms with Crippen LogP contribution < -0.4 is 0 Å². The fourth-order valence-electron chi connectivity index (χ4n) is 3.11. The Morgan fingerprint density at radius 1 is 1.27 bits per heavy atom. The molecule has 0 aromatic heterocycles. The van der Waals surface area contributed by atoms with Crippen molar-refractivity contribution in [3.05, 3.63) is 34.9 Å². The Kier molecular flexibility index (Phi) is 4.55. The van der Waals surface area contributed by atoms with E-state index < -0.39 is 0 Å². The number of hydrogen-bond donors (Lipinski definition) is 0. The fourth-order valence-corrected chi connectivity index (χ4v) is 3.11. The lowest BCUT2D eigenvalue weighted by atomic mass is 10.0. The maximum atomic E-state index is 12.7. The van der Waals surface area contributed by atoms with E-state index in [-0.39, 0.29) is 11.7 Å². The molecule has 5 nitrogen and oxygen atoms in total. The van der Waals surface area contributed by atoms with E-state index in [0.29, 0.717) is 24.9 Å². The van der Waals surface area contributed by atoms with Crippen molar-refractivity contribution in [2.45, 2.75) is 12.8 Å². The zero-order valence-electron chi connectivity index (χ0n) is 13.0. The Morgan fingerprint density at radius 2 is 2.05 bits per heavy atom. The molecule has 0 N–H and O–H groups in total. The van der Waals surface area contributed by atoms with Gasteiger partial charge in [-0.05, 0) is 18.1 Å². The predicted molar refractivity (Wildman–Crippen MR) is 83.3 cm³/mol. The quantitative estimate of drug-likeness (QED) is 0.839. The molecule has 118 valence electrons. The third-order valence-electron chi connectivity index (χ3n) is 4.51. The average Bonchev–Trinajstić information content (AvgIpc) is 2.94. The highest BCUT2D eigenvalue weighted by atomic mass is 16.5. The van der Waals surface area contributed by atoms with Crippen LogP contribution in [0.5, 0.6) is 0 Å². The molecule has 0 spiro atoms. The van der Waals surface area contributed by atoms with Gasteiger partial charge in [0, 0.05) is 50.8 Å². The van der Waals surface area contributed by atoms with Crippen LogP contribution in [0.15, 0.2) is 18.2 Å². The van der Waals surface area contributed by atoms with Crippen molar-refractivity contribution < 1.29 is 14.3 Å². The smallest absolute Gasteiger partial charge is 0.253 e. The van der Waals surface area contributed by atoms with Crippen molar-refractivity contribution in [2.24, 2.45) is 0 Å². The second kappa shape index (κ2) is 6.58. The van der Waals surface area contributed by atoms with Crippen molar-refractivity contribution >= 4 is 11.7 Å². The van der Waals surface area contributed by atoms with Crippen molar-refractivity contribution in [1.82, 2.24) is 9.80 Å². The third kappa shape index (κ3) is 3.05. The van der Waals surface area contributed by atoms with Gasteiger partial charge in [0.2, 0.25) is 0 Å². The first kappa shape index (κ1) is 15.2. The molecule has 1 fully saturated rings. The molecular weight excluding hydrogens is 280 g/mol. The van der Waals surface area contributed by atoms with Gasteiger partial charge in [-0.15, -0.1) is 0 Å². The van der Waals surface area contributed by atoms with E-state index in [1.54, 1.807) is 4.90 Å². The van der Waals surface area contributed by atoms with Gasteiger partial charge in [-0.25, -0.2) is 0 Å². The minimum absolute atomic E-state index is 0.0137. The zero-order valence-corrected chi connectivity index (χ0v) is 13.0. The summed E-state index contributed by atoms with van der Waals surface area (Å²) in [6.45, 7) is 4.95. The molecule has 2 aliphatic rings. The monoisotopic (exact) mass is 302 g/mol. The molecule has 1 saturated heterocycles. The van der Waals surface area contributed by atoms with E-state index in [4.69, 9.17) is 4.74 Å². The summed E-state index contributed by atoms with van der Waals surface area (Å²) in [4.78, 5) is 28.5. The number of morpholine rings is 1. The summed E-state index contributed by atoms with van der Waals surface area (Å²) in [5, 5.41) is 0. The van der Waals surface area contributed by atoms with Crippen molar-refractivity contribution in [2.75, 3.05) is 46.4 Å². The maximum Gasteiger partial charge on any atom is 0.253 e. The lowest BCUT2D eigenvalue weighted by Gasteiger charge is -2.28. The van der Waals surface area contributed by atoms with E-state index in [9.17, 15) is 9.59 Å². The van der Waals surface area contributed by atoms with Gasteiger partial charge < -0.3 is 9.64 Å². The molecule has 5 heteroatoms. The number of carbonyl (C=O) groups excluding carboxylic acids is 2. The Bertz CT molecular complexity index is 579. The number of hydrogen-bond acceptors (Lipinski definition) is 4. The van der Waals surface area contributed by atoms with Crippen molar-refractivity contribution in [3.8, 4) is 0 Å². The molecule has 1 aromatic carbocycles. The van der Waals surface area contributed by atoms with Gasteiger partial charge in [-0.3, -0.25) is 14.5 Å². The molecule has 1 aromatic rings. The highest BCUT2D eigenvalue weighted by molar-refractivity contribution is 6.05. The first-order valence-corrected chi connectivity index (χ1v) is 7.87. The molecule has 22 heavy (non-hydrogen) atoms. The lowest BCUT2D eigenvalue weighted by molar-refractivity contribution is 0.0338. The molecule has 1 aliphatic heterocycles. The van der Waals surface area contributed by atoms with Crippen LogP contribution in [-0.2, 0) is 11.2 Å².